The number of likely N-dealkylation sites (tertiary alicyclic amines) is 1. The van der Waals surface area contributed by atoms with E-state index in [0.717, 1.165) is 19.3 Å². The molecule has 0 spiro atoms. The summed E-state index contributed by atoms with van der Waals surface area (Å²) < 4.78 is 0. The van der Waals surface area contributed by atoms with E-state index in [1.165, 1.54) is 4.90 Å². The number of carbonyl (C=O) groups excluding carboxylic acids is 2. The van der Waals surface area contributed by atoms with Crippen LogP contribution in [0.1, 0.15) is 32.6 Å². The highest BCUT2D eigenvalue weighted by Crippen LogP contribution is 2.39. The quantitative estimate of drug-likeness (QED) is 0.501. The fourth-order valence-corrected chi connectivity index (χ4v) is 2.63. The molecule has 2 amide bonds. The molecule has 3 atom stereocenters. The highest BCUT2D eigenvalue weighted by atomic mass is 16.2. The summed E-state index contributed by atoms with van der Waals surface area (Å²) in [5.74, 6) is 2.66. The molecule has 1 aliphatic heterocycles. The number of amides is 2. The molecule has 2 rings (SSSR count). The van der Waals surface area contributed by atoms with Gasteiger partial charge in [0.15, 0.2) is 0 Å². The van der Waals surface area contributed by atoms with Crippen LogP contribution >= 0.6 is 0 Å². The van der Waals surface area contributed by atoms with Gasteiger partial charge in [-0.1, -0.05) is 0 Å². The largest absolute Gasteiger partial charge is 0.278 e. The summed E-state index contributed by atoms with van der Waals surface area (Å²) in [6.07, 6.45) is 8.17. The van der Waals surface area contributed by atoms with Crippen molar-refractivity contribution in [2.45, 2.75) is 38.6 Å². The van der Waals surface area contributed by atoms with Gasteiger partial charge in [0, 0.05) is 24.3 Å². The molecule has 0 radical (unpaired) electrons. The first-order valence-corrected chi connectivity index (χ1v) is 5.45. The molecule has 1 heterocycles. The summed E-state index contributed by atoms with van der Waals surface area (Å²) in [5.41, 5.74) is 0. The molecule has 15 heavy (non-hydrogen) atoms. The standard InChI is InChI=1S/C12H15NO2/c1-3-4-8(2)13-11(14)9-5-6-10(7-9)12(13)15/h1,8-10H,4-7H2,2H3. The van der Waals surface area contributed by atoms with E-state index in [4.69, 9.17) is 6.42 Å². The molecular formula is C12H15NO2. The average molecular weight is 205 g/mol. The van der Waals surface area contributed by atoms with Crippen molar-refractivity contribution >= 4 is 11.8 Å². The monoisotopic (exact) mass is 205 g/mol. The van der Waals surface area contributed by atoms with E-state index in [2.05, 4.69) is 5.92 Å². The molecule has 1 saturated carbocycles. The second-order valence-corrected chi connectivity index (χ2v) is 4.51. The molecule has 3 heteroatoms. The van der Waals surface area contributed by atoms with E-state index in [1.807, 2.05) is 6.92 Å². The summed E-state index contributed by atoms with van der Waals surface area (Å²) >= 11 is 0. The third-order valence-electron chi connectivity index (χ3n) is 3.46. The third kappa shape index (κ3) is 1.54. The summed E-state index contributed by atoms with van der Waals surface area (Å²) in [6.45, 7) is 1.85. The lowest BCUT2D eigenvalue weighted by molar-refractivity contribution is -0.155. The van der Waals surface area contributed by atoms with Crippen molar-refractivity contribution in [2.75, 3.05) is 0 Å². The summed E-state index contributed by atoms with van der Waals surface area (Å²) in [7, 11) is 0. The van der Waals surface area contributed by atoms with Gasteiger partial charge in [-0.2, -0.15) is 0 Å². The highest BCUT2D eigenvalue weighted by Gasteiger charge is 2.46. The zero-order valence-corrected chi connectivity index (χ0v) is 8.90. The summed E-state index contributed by atoms with van der Waals surface area (Å²) in [5, 5.41) is 0. The topological polar surface area (TPSA) is 37.4 Å². The van der Waals surface area contributed by atoms with E-state index in [-0.39, 0.29) is 29.7 Å². The van der Waals surface area contributed by atoms with Crippen LogP contribution in [0.15, 0.2) is 0 Å². The maximum atomic E-state index is 11.9. The van der Waals surface area contributed by atoms with Crippen molar-refractivity contribution in [3.05, 3.63) is 0 Å². The van der Waals surface area contributed by atoms with E-state index in [1.54, 1.807) is 0 Å². The van der Waals surface area contributed by atoms with Crippen molar-refractivity contribution in [1.29, 1.82) is 0 Å². The van der Waals surface area contributed by atoms with Gasteiger partial charge in [0.25, 0.3) is 0 Å². The molecule has 0 aromatic heterocycles. The molecule has 2 fully saturated rings. The van der Waals surface area contributed by atoms with Crippen LogP contribution in [-0.2, 0) is 9.59 Å². The van der Waals surface area contributed by atoms with Gasteiger partial charge in [-0.3, -0.25) is 14.5 Å². The van der Waals surface area contributed by atoms with Gasteiger partial charge >= 0.3 is 0 Å². The first-order valence-electron chi connectivity index (χ1n) is 5.45. The highest BCUT2D eigenvalue weighted by molar-refractivity contribution is 6.01. The molecule has 80 valence electrons. The molecule has 2 bridgehead atoms. The van der Waals surface area contributed by atoms with Crippen LogP contribution in [0, 0.1) is 24.2 Å². The predicted octanol–water partition coefficient (Wildman–Crippen LogP) is 1.18. The number of piperidine rings is 1. The van der Waals surface area contributed by atoms with Crippen molar-refractivity contribution in [2.24, 2.45) is 11.8 Å². The first-order chi connectivity index (χ1) is 7.15. The second kappa shape index (κ2) is 3.69. The number of carbonyl (C=O) groups is 2. The van der Waals surface area contributed by atoms with Crippen LogP contribution < -0.4 is 0 Å². The Morgan fingerprint density at radius 2 is 1.93 bits per heavy atom. The smallest absolute Gasteiger partial charge is 0.232 e. The third-order valence-corrected chi connectivity index (χ3v) is 3.46. The van der Waals surface area contributed by atoms with Crippen molar-refractivity contribution in [1.82, 2.24) is 4.90 Å². The Kier molecular flexibility index (Phi) is 2.52. The zero-order chi connectivity index (χ0) is 11.0. The van der Waals surface area contributed by atoms with E-state index < -0.39 is 0 Å². The lowest BCUT2D eigenvalue weighted by Gasteiger charge is -2.33. The molecular weight excluding hydrogens is 190 g/mol. The lowest BCUT2D eigenvalue weighted by Crippen LogP contribution is -2.50. The van der Waals surface area contributed by atoms with Crippen molar-refractivity contribution in [3.8, 4) is 12.3 Å². The number of hydrogen-bond donors (Lipinski definition) is 0. The van der Waals surface area contributed by atoms with Crippen molar-refractivity contribution in [3.63, 3.8) is 0 Å². The molecule has 1 saturated heterocycles. The van der Waals surface area contributed by atoms with Crippen LogP contribution in [0.3, 0.4) is 0 Å². The van der Waals surface area contributed by atoms with Crippen LogP contribution in [-0.4, -0.2) is 22.8 Å². The SMILES string of the molecule is C#CCC(C)N1C(=O)C2CCC(C2)C1=O. The van der Waals surface area contributed by atoms with E-state index in [0.29, 0.717) is 6.42 Å². The second-order valence-electron chi connectivity index (χ2n) is 4.51. The Hall–Kier alpha value is -1.30. The number of nitrogens with zero attached hydrogens (tertiary/aromatic N) is 1. The van der Waals surface area contributed by atoms with Gasteiger partial charge in [-0.05, 0) is 26.2 Å². The molecule has 2 aliphatic rings. The number of imide groups is 1. The number of fused-ring (bicyclic) bond motifs is 2. The van der Waals surface area contributed by atoms with Gasteiger partial charge in [0.1, 0.15) is 0 Å². The molecule has 0 N–H and O–H groups in total. The van der Waals surface area contributed by atoms with Gasteiger partial charge in [0.05, 0.1) is 0 Å². The molecule has 1 aliphatic carbocycles. The van der Waals surface area contributed by atoms with Crippen LogP contribution in [0.2, 0.25) is 0 Å². The normalized spacial score (nSPS) is 31.6. The average Bonchev–Trinajstić information content (AvgIpc) is 2.62. The Bertz CT molecular complexity index is 320. The maximum Gasteiger partial charge on any atom is 0.232 e. The molecule has 0 aromatic rings. The predicted molar refractivity (Wildman–Crippen MR) is 55.6 cm³/mol. The Balaban J connectivity index is 2.20. The Morgan fingerprint density at radius 1 is 1.40 bits per heavy atom. The molecule has 0 aromatic carbocycles. The minimum absolute atomic E-state index is 0.00324. The minimum Gasteiger partial charge on any atom is -0.278 e. The first kappa shape index (κ1) is 10.2. The fourth-order valence-electron chi connectivity index (χ4n) is 2.63. The van der Waals surface area contributed by atoms with Crippen LogP contribution in [0.5, 0.6) is 0 Å². The number of rotatable bonds is 2. The number of terminal acetylenes is 1. The minimum atomic E-state index is -0.140. The Labute approximate surface area is 89.8 Å². The summed E-state index contributed by atoms with van der Waals surface area (Å²) in [4.78, 5) is 25.3. The van der Waals surface area contributed by atoms with Gasteiger partial charge in [0.2, 0.25) is 11.8 Å². The zero-order valence-electron chi connectivity index (χ0n) is 8.90. The van der Waals surface area contributed by atoms with Crippen LogP contribution in [0.4, 0.5) is 0 Å². The Morgan fingerprint density at radius 3 is 2.40 bits per heavy atom. The molecule has 3 unspecified atom stereocenters. The lowest BCUT2D eigenvalue weighted by atomic mass is 9.95. The van der Waals surface area contributed by atoms with Crippen LogP contribution in [0.25, 0.3) is 0 Å². The van der Waals surface area contributed by atoms with E-state index >= 15 is 0 Å². The van der Waals surface area contributed by atoms with E-state index in [9.17, 15) is 9.59 Å². The molecule has 3 nitrogen and oxygen atoms in total. The maximum absolute atomic E-state index is 11.9. The van der Waals surface area contributed by atoms with Gasteiger partial charge in [-0.15, -0.1) is 12.3 Å². The van der Waals surface area contributed by atoms with Crippen molar-refractivity contribution < 1.29 is 9.59 Å². The van der Waals surface area contributed by atoms with Gasteiger partial charge in [-0.25, -0.2) is 0 Å². The number of hydrogen-bond acceptors (Lipinski definition) is 2. The summed E-state index contributed by atoms with van der Waals surface area (Å²) in [6, 6.07) is -0.140. The fraction of sp³-hybridized carbons (Fsp3) is 0.667. The van der Waals surface area contributed by atoms with Gasteiger partial charge < -0.3 is 0 Å².